The second-order valence-electron chi connectivity index (χ2n) is 5.82. The first-order chi connectivity index (χ1) is 13.0. The molecule has 0 aromatic heterocycles. The van der Waals surface area contributed by atoms with E-state index in [2.05, 4.69) is 11.9 Å². The summed E-state index contributed by atoms with van der Waals surface area (Å²) in [6.45, 7) is 2.10. The van der Waals surface area contributed by atoms with Gasteiger partial charge in [-0.1, -0.05) is 48.9 Å². The molecule has 0 saturated carbocycles. The molecule has 0 fully saturated rings. The fourth-order valence-electron chi connectivity index (χ4n) is 2.39. The lowest BCUT2D eigenvalue weighted by atomic mass is 10.1. The van der Waals surface area contributed by atoms with Crippen LogP contribution in [0.4, 0.5) is 5.69 Å². The molecular formula is C21H18ClNO3S. The Bertz CT molecular complexity index is 1050. The first-order valence-corrected chi connectivity index (χ1v) is 10.2. The molecule has 0 amide bonds. The van der Waals surface area contributed by atoms with Crippen molar-refractivity contribution in [3.8, 4) is 5.75 Å². The highest BCUT2D eigenvalue weighted by molar-refractivity contribution is 7.87. The van der Waals surface area contributed by atoms with Crippen molar-refractivity contribution in [2.75, 3.05) is 0 Å². The van der Waals surface area contributed by atoms with Crippen LogP contribution in [0.1, 0.15) is 18.1 Å². The number of halogens is 1. The van der Waals surface area contributed by atoms with Crippen LogP contribution in [0.15, 0.2) is 82.7 Å². The summed E-state index contributed by atoms with van der Waals surface area (Å²) in [5, 5.41) is 0.194. The second kappa shape index (κ2) is 8.37. The molecule has 3 aromatic rings. The summed E-state index contributed by atoms with van der Waals surface area (Å²) < 4.78 is 29.7. The zero-order valence-corrected chi connectivity index (χ0v) is 16.2. The second-order valence-corrected chi connectivity index (χ2v) is 7.77. The summed E-state index contributed by atoms with van der Waals surface area (Å²) in [6.07, 6.45) is 2.65. The lowest BCUT2D eigenvalue weighted by Gasteiger charge is -2.08. The minimum Gasteiger partial charge on any atom is -0.377 e. The molecule has 0 heterocycles. The van der Waals surface area contributed by atoms with Crippen molar-refractivity contribution in [1.29, 1.82) is 0 Å². The van der Waals surface area contributed by atoms with Crippen LogP contribution in [0, 0.1) is 0 Å². The third-order valence-corrected chi connectivity index (χ3v) is 5.44. The van der Waals surface area contributed by atoms with E-state index in [0.717, 1.165) is 17.7 Å². The van der Waals surface area contributed by atoms with Gasteiger partial charge in [-0.3, -0.25) is 4.99 Å². The van der Waals surface area contributed by atoms with Gasteiger partial charge in [-0.25, -0.2) is 0 Å². The largest absolute Gasteiger partial charge is 0.377 e. The quantitative estimate of drug-likeness (QED) is 0.410. The molecule has 0 bridgehead atoms. The molecule has 0 N–H and O–H groups in total. The Morgan fingerprint density at radius 2 is 1.70 bits per heavy atom. The molecule has 27 heavy (non-hydrogen) atoms. The molecule has 3 aromatic carbocycles. The summed E-state index contributed by atoms with van der Waals surface area (Å²) >= 11 is 6.19. The van der Waals surface area contributed by atoms with E-state index in [-0.39, 0.29) is 15.7 Å². The molecule has 0 spiro atoms. The molecular weight excluding hydrogens is 382 g/mol. The number of nitrogens with zero attached hydrogens (tertiary/aromatic N) is 1. The lowest BCUT2D eigenvalue weighted by molar-refractivity contribution is 0.486. The van der Waals surface area contributed by atoms with Crippen LogP contribution in [0.5, 0.6) is 5.75 Å². The van der Waals surface area contributed by atoms with Gasteiger partial charge in [-0.05, 0) is 60.0 Å². The van der Waals surface area contributed by atoms with Gasteiger partial charge >= 0.3 is 10.1 Å². The molecule has 0 aliphatic heterocycles. The molecule has 0 atom stereocenters. The number of hydrogen-bond acceptors (Lipinski definition) is 4. The first kappa shape index (κ1) is 19.1. The Hall–Kier alpha value is -2.63. The molecule has 0 saturated heterocycles. The van der Waals surface area contributed by atoms with Crippen molar-refractivity contribution in [3.05, 3.63) is 88.9 Å². The van der Waals surface area contributed by atoms with E-state index in [9.17, 15) is 8.42 Å². The van der Waals surface area contributed by atoms with Crippen LogP contribution in [0.25, 0.3) is 0 Å². The van der Waals surface area contributed by atoms with E-state index >= 15 is 0 Å². The number of hydrogen-bond donors (Lipinski definition) is 0. The average Bonchev–Trinajstić information content (AvgIpc) is 2.69. The highest BCUT2D eigenvalue weighted by atomic mass is 35.5. The van der Waals surface area contributed by atoms with Crippen molar-refractivity contribution >= 4 is 33.6 Å². The third kappa shape index (κ3) is 4.96. The Morgan fingerprint density at radius 3 is 2.33 bits per heavy atom. The van der Waals surface area contributed by atoms with Gasteiger partial charge in [0.25, 0.3) is 0 Å². The normalized spacial score (nSPS) is 11.6. The van der Waals surface area contributed by atoms with Crippen molar-refractivity contribution in [1.82, 2.24) is 0 Å². The van der Waals surface area contributed by atoms with Gasteiger partial charge in [-0.15, -0.1) is 0 Å². The first-order valence-electron chi connectivity index (χ1n) is 8.40. The van der Waals surface area contributed by atoms with Crippen LogP contribution in [0.3, 0.4) is 0 Å². The Morgan fingerprint density at radius 1 is 1.00 bits per heavy atom. The summed E-state index contributed by atoms with van der Waals surface area (Å²) in [6, 6.07) is 20.7. The lowest BCUT2D eigenvalue weighted by Crippen LogP contribution is -2.09. The third-order valence-electron chi connectivity index (χ3n) is 3.89. The standard InChI is InChI=1S/C21H18ClNO3S/c1-2-16-8-11-18(12-9-16)23-15-17-10-13-21(20(22)14-17)26-27(24,25)19-6-4-3-5-7-19/h3-15H,2H2,1H3. The number of benzene rings is 3. The molecule has 0 unspecified atom stereocenters. The summed E-state index contributed by atoms with van der Waals surface area (Å²) in [5.74, 6) is 0.0740. The Labute approximate surface area is 164 Å². The topological polar surface area (TPSA) is 55.7 Å². The van der Waals surface area contributed by atoms with Crippen molar-refractivity contribution < 1.29 is 12.6 Å². The van der Waals surface area contributed by atoms with Gasteiger partial charge in [0.2, 0.25) is 0 Å². The molecule has 0 radical (unpaired) electrons. The predicted molar refractivity (Wildman–Crippen MR) is 109 cm³/mol. The number of aliphatic imine (C=N–C) groups is 1. The highest BCUT2D eigenvalue weighted by Crippen LogP contribution is 2.28. The molecule has 4 nitrogen and oxygen atoms in total. The van der Waals surface area contributed by atoms with E-state index in [1.165, 1.54) is 23.8 Å². The van der Waals surface area contributed by atoms with Crippen LogP contribution < -0.4 is 4.18 Å². The van der Waals surface area contributed by atoms with Crippen LogP contribution in [0.2, 0.25) is 5.02 Å². The van der Waals surface area contributed by atoms with Gasteiger partial charge in [0, 0.05) is 6.21 Å². The van der Waals surface area contributed by atoms with E-state index in [4.69, 9.17) is 15.8 Å². The van der Waals surface area contributed by atoms with Gasteiger partial charge in [-0.2, -0.15) is 8.42 Å². The zero-order valence-electron chi connectivity index (χ0n) is 14.7. The number of aryl methyl sites for hydroxylation is 1. The van der Waals surface area contributed by atoms with Crippen LogP contribution >= 0.6 is 11.6 Å². The molecule has 0 aliphatic carbocycles. The van der Waals surface area contributed by atoms with Gasteiger partial charge < -0.3 is 4.18 Å². The molecule has 6 heteroatoms. The van der Waals surface area contributed by atoms with Crippen LogP contribution in [-0.4, -0.2) is 14.6 Å². The molecule has 138 valence electrons. The maximum Gasteiger partial charge on any atom is 0.339 e. The minimum absolute atomic E-state index is 0.0715. The highest BCUT2D eigenvalue weighted by Gasteiger charge is 2.17. The van der Waals surface area contributed by atoms with E-state index in [0.29, 0.717) is 0 Å². The summed E-state index contributed by atoms with van der Waals surface area (Å²) in [7, 11) is -3.93. The summed E-state index contributed by atoms with van der Waals surface area (Å²) in [4.78, 5) is 4.47. The SMILES string of the molecule is CCc1ccc(N=Cc2ccc(OS(=O)(=O)c3ccccc3)c(Cl)c2)cc1. The van der Waals surface area contributed by atoms with Gasteiger partial charge in [0.05, 0.1) is 10.7 Å². The zero-order chi connectivity index (χ0) is 19.3. The predicted octanol–water partition coefficient (Wildman–Crippen LogP) is 5.42. The smallest absolute Gasteiger partial charge is 0.339 e. The molecule has 0 aliphatic rings. The fourth-order valence-corrected chi connectivity index (χ4v) is 3.63. The van der Waals surface area contributed by atoms with Gasteiger partial charge in [0.1, 0.15) is 4.90 Å². The minimum atomic E-state index is -3.93. The maximum atomic E-state index is 12.3. The van der Waals surface area contributed by atoms with E-state index in [1.807, 2.05) is 24.3 Å². The van der Waals surface area contributed by atoms with Crippen molar-refractivity contribution in [2.45, 2.75) is 18.2 Å². The molecule has 3 rings (SSSR count). The summed E-state index contributed by atoms with van der Waals surface area (Å²) in [5.41, 5.74) is 2.82. The van der Waals surface area contributed by atoms with Crippen molar-refractivity contribution in [2.24, 2.45) is 4.99 Å². The van der Waals surface area contributed by atoms with Crippen LogP contribution in [-0.2, 0) is 16.5 Å². The Balaban J connectivity index is 1.76. The Kier molecular flexibility index (Phi) is 5.94. The fraction of sp³-hybridized carbons (Fsp3) is 0.0952. The van der Waals surface area contributed by atoms with E-state index in [1.54, 1.807) is 36.5 Å². The monoisotopic (exact) mass is 399 g/mol. The number of rotatable bonds is 6. The van der Waals surface area contributed by atoms with E-state index < -0.39 is 10.1 Å². The average molecular weight is 400 g/mol. The van der Waals surface area contributed by atoms with Gasteiger partial charge in [0.15, 0.2) is 5.75 Å². The van der Waals surface area contributed by atoms with Crippen molar-refractivity contribution in [3.63, 3.8) is 0 Å². The maximum absolute atomic E-state index is 12.3.